The highest BCUT2D eigenvalue weighted by Gasteiger charge is 2.14. The molecule has 2 aromatic carbocycles. The molecule has 0 saturated carbocycles. The van der Waals surface area contributed by atoms with Crippen LogP contribution in [-0.2, 0) is 4.84 Å². The smallest absolute Gasteiger partial charge is 0.366 e. The first-order chi connectivity index (χ1) is 10.4. The Kier molecular flexibility index (Phi) is 5.06. The average molecular weight is 337 g/mol. The van der Waals surface area contributed by atoms with Crippen molar-refractivity contribution >= 4 is 35.0 Å². The Morgan fingerprint density at radius 3 is 2.36 bits per heavy atom. The zero-order valence-corrected chi connectivity index (χ0v) is 13.6. The molecule has 22 heavy (non-hydrogen) atoms. The zero-order chi connectivity index (χ0) is 16.3. The van der Waals surface area contributed by atoms with E-state index in [2.05, 4.69) is 5.16 Å². The molecule has 0 aliphatic rings. The molecular formula is C16H14Cl2N2O2. The van der Waals surface area contributed by atoms with Crippen molar-refractivity contribution in [2.75, 3.05) is 0 Å². The van der Waals surface area contributed by atoms with Crippen LogP contribution >= 0.6 is 23.2 Å². The van der Waals surface area contributed by atoms with Crippen LogP contribution in [0, 0.1) is 13.8 Å². The fourth-order valence-corrected chi connectivity index (χ4v) is 2.52. The summed E-state index contributed by atoms with van der Waals surface area (Å²) in [6.45, 7) is 3.65. The largest absolute Gasteiger partial charge is 0.380 e. The maximum Gasteiger partial charge on any atom is 0.366 e. The minimum atomic E-state index is -0.566. The summed E-state index contributed by atoms with van der Waals surface area (Å²) in [5.41, 5.74) is 8.33. The Labute approximate surface area is 138 Å². The summed E-state index contributed by atoms with van der Waals surface area (Å²) in [6.07, 6.45) is 0. The fraction of sp³-hybridized carbons (Fsp3) is 0.125. The van der Waals surface area contributed by atoms with E-state index in [-0.39, 0.29) is 5.84 Å². The monoisotopic (exact) mass is 336 g/mol. The Balaban J connectivity index is 2.22. The van der Waals surface area contributed by atoms with Gasteiger partial charge < -0.3 is 10.6 Å². The highest BCUT2D eigenvalue weighted by Crippen LogP contribution is 2.21. The summed E-state index contributed by atoms with van der Waals surface area (Å²) < 4.78 is 0. The molecular weight excluding hydrogens is 323 g/mol. The molecule has 0 aliphatic heterocycles. The topological polar surface area (TPSA) is 64.7 Å². The van der Waals surface area contributed by atoms with Crippen molar-refractivity contribution in [3.8, 4) is 0 Å². The third-order valence-corrected chi connectivity index (χ3v) is 3.67. The SMILES string of the molecule is Cc1cccc(C)c1C(=O)O/N=C(\N)c1ccc(Cl)cc1Cl. The molecule has 0 spiro atoms. The summed E-state index contributed by atoms with van der Waals surface area (Å²) >= 11 is 11.8. The van der Waals surface area contributed by atoms with E-state index in [0.29, 0.717) is 21.2 Å². The first-order valence-electron chi connectivity index (χ1n) is 6.46. The number of aryl methyl sites for hydroxylation is 2. The minimum absolute atomic E-state index is 0.00116. The molecule has 0 heterocycles. The Morgan fingerprint density at radius 1 is 1.14 bits per heavy atom. The van der Waals surface area contributed by atoms with Crippen LogP contribution in [0.3, 0.4) is 0 Å². The van der Waals surface area contributed by atoms with Gasteiger partial charge in [0.05, 0.1) is 10.6 Å². The molecule has 0 unspecified atom stereocenters. The van der Waals surface area contributed by atoms with E-state index in [9.17, 15) is 4.79 Å². The second-order valence-electron chi connectivity index (χ2n) is 4.75. The molecule has 0 saturated heterocycles. The third kappa shape index (κ3) is 3.59. The number of oxime groups is 1. The van der Waals surface area contributed by atoms with Gasteiger partial charge in [-0.15, -0.1) is 0 Å². The number of carbonyl (C=O) groups is 1. The lowest BCUT2D eigenvalue weighted by molar-refractivity contribution is 0.0514. The zero-order valence-electron chi connectivity index (χ0n) is 12.1. The second kappa shape index (κ2) is 6.81. The summed E-state index contributed by atoms with van der Waals surface area (Å²) in [4.78, 5) is 17.0. The molecule has 0 atom stereocenters. The lowest BCUT2D eigenvalue weighted by Gasteiger charge is -2.07. The number of nitrogens with two attached hydrogens (primary N) is 1. The van der Waals surface area contributed by atoms with Gasteiger partial charge in [0.1, 0.15) is 0 Å². The number of nitrogens with zero attached hydrogens (tertiary/aromatic N) is 1. The number of carbonyl (C=O) groups excluding carboxylic acids is 1. The second-order valence-corrected chi connectivity index (χ2v) is 5.59. The Bertz CT molecular complexity index is 738. The highest BCUT2D eigenvalue weighted by atomic mass is 35.5. The third-order valence-electron chi connectivity index (χ3n) is 3.12. The van der Waals surface area contributed by atoms with Gasteiger partial charge in [0.15, 0.2) is 5.84 Å². The van der Waals surface area contributed by atoms with Gasteiger partial charge in [0.25, 0.3) is 0 Å². The van der Waals surface area contributed by atoms with Crippen molar-refractivity contribution < 1.29 is 9.63 Å². The van der Waals surface area contributed by atoms with Gasteiger partial charge in [-0.1, -0.05) is 46.6 Å². The number of halogens is 2. The molecule has 2 N–H and O–H groups in total. The molecule has 0 aromatic heterocycles. The molecule has 0 bridgehead atoms. The van der Waals surface area contributed by atoms with E-state index in [1.807, 2.05) is 32.0 Å². The summed E-state index contributed by atoms with van der Waals surface area (Å²) in [6, 6.07) is 10.3. The van der Waals surface area contributed by atoms with E-state index < -0.39 is 5.97 Å². The van der Waals surface area contributed by atoms with E-state index in [4.69, 9.17) is 33.8 Å². The average Bonchev–Trinajstić information content (AvgIpc) is 2.44. The van der Waals surface area contributed by atoms with Crippen LogP contribution in [0.25, 0.3) is 0 Å². The van der Waals surface area contributed by atoms with E-state index in [1.165, 1.54) is 6.07 Å². The highest BCUT2D eigenvalue weighted by molar-refractivity contribution is 6.36. The van der Waals surface area contributed by atoms with Gasteiger partial charge in [-0.05, 0) is 43.2 Å². The molecule has 114 valence electrons. The maximum atomic E-state index is 12.1. The van der Waals surface area contributed by atoms with Crippen LogP contribution in [0.1, 0.15) is 27.0 Å². The molecule has 2 aromatic rings. The Morgan fingerprint density at radius 2 is 1.77 bits per heavy atom. The lowest BCUT2D eigenvalue weighted by Crippen LogP contribution is -2.16. The van der Waals surface area contributed by atoms with Crippen molar-refractivity contribution in [2.24, 2.45) is 10.9 Å². The lowest BCUT2D eigenvalue weighted by atomic mass is 10.0. The van der Waals surface area contributed by atoms with Crippen molar-refractivity contribution in [3.05, 3.63) is 68.7 Å². The quantitative estimate of drug-likeness (QED) is 0.397. The van der Waals surface area contributed by atoms with Gasteiger partial charge in [-0.25, -0.2) is 4.79 Å². The molecule has 0 fully saturated rings. The van der Waals surface area contributed by atoms with Crippen LogP contribution < -0.4 is 5.73 Å². The van der Waals surface area contributed by atoms with E-state index in [1.54, 1.807) is 12.1 Å². The van der Waals surface area contributed by atoms with Crippen molar-refractivity contribution in [3.63, 3.8) is 0 Å². The van der Waals surface area contributed by atoms with Crippen LogP contribution in [0.15, 0.2) is 41.6 Å². The van der Waals surface area contributed by atoms with Crippen LogP contribution in [-0.4, -0.2) is 11.8 Å². The first-order valence-corrected chi connectivity index (χ1v) is 7.22. The normalized spacial score (nSPS) is 11.4. The standard InChI is InChI=1S/C16H14Cl2N2O2/c1-9-4-3-5-10(2)14(9)16(21)22-20-15(19)12-7-6-11(17)8-13(12)18/h3-8H,1-2H3,(H2,19,20). The molecule has 0 radical (unpaired) electrons. The number of benzene rings is 2. The molecule has 0 amide bonds. The van der Waals surface area contributed by atoms with Gasteiger partial charge in [0, 0.05) is 10.6 Å². The van der Waals surface area contributed by atoms with E-state index >= 15 is 0 Å². The molecule has 0 aliphatic carbocycles. The summed E-state index contributed by atoms with van der Waals surface area (Å²) in [5.74, 6) is -0.565. The van der Waals surface area contributed by atoms with Gasteiger partial charge in [0.2, 0.25) is 0 Å². The fourth-order valence-electron chi connectivity index (χ4n) is 2.02. The Hall–Kier alpha value is -2.04. The van der Waals surface area contributed by atoms with Crippen LogP contribution in [0.5, 0.6) is 0 Å². The first kappa shape index (κ1) is 16.3. The van der Waals surface area contributed by atoms with Crippen molar-refractivity contribution in [1.29, 1.82) is 0 Å². The molecule has 4 nitrogen and oxygen atoms in total. The number of rotatable bonds is 3. The number of hydrogen-bond acceptors (Lipinski definition) is 3. The summed E-state index contributed by atoms with van der Waals surface area (Å²) in [5, 5.41) is 4.47. The van der Waals surface area contributed by atoms with Crippen molar-refractivity contribution in [2.45, 2.75) is 13.8 Å². The van der Waals surface area contributed by atoms with Gasteiger partial charge in [-0.2, -0.15) is 0 Å². The van der Waals surface area contributed by atoms with Gasteiger partial charge >= 0.3 is 5.97 Å². The predicted octanol–water partition coefficient (Wildman–Crippen LogP) is 4.09. The number of amidine groups is 1. The van der Waals surface area contributed by atoms with Crippen LogP contribution in [0.2, 0.25) is 10.0 Å². The summed E-state index contributed by atoms with van der Waals surface area (Å²) in [7, 11) is 0. The minimum Gasteiger partial charge on any atom is -0.380 e. The predicted molar refractivity (Wildman–Crippen MR) is 88.5 cm³/mol. The molecule has 2 rings (SSSR count). The van der Waals surface area contributed by atoms with E-state index in [0.717, 1.165) is 11.1 Å². The van der Waals surface area contributed by atoms with Crippen LogP contribution in [0.4, 0.5) is 0 Å². The van der Waals surface area contributed by atoms with Crippen molar-refractivity contribution in [1.82, 2.24) is 0 Å². The molecule has 6 heteroatoms. The van der Waals surface area contributed by atoms with Gasteiger partial charge in [-0.3, -0.25) is 0 Å². The number of hydrogen-bond donors (Lipinski definition) is 1. The maximum absolute atomic E-state index is 12.1.